The summed E-state index contributed by atoms with van der Waals surface area (Å²) in [6, 6.07) is 48.7. The van der Waals surface area contributed by atoms with E-state index < -0.39 is 0 Å². The first-order valence-electron chi connectivity index (χ1n) is 16.0. The van der Waals surface area contributed by atoms with Crippen LogP contribution in [0, 0.1) is 19.8 Å². The average Bonchev–Trinajstić information content (AvgIpc) is 3.05. The summed E-state index contributed by atoms with van der Waals surface area (Å²) in [7, 11) is 0. The highest BCUT2D eigenvalue weighted by Gasteiger charge is 2.21. The summed E-state index contributed by atoms with van der Waals surface area (Å²) < 4.78 is 0. The van der Waals surface area contributed by atoms with Crippen LogP contribution in [0.5, 0.6) is 0 Å². The molecule has 6 aromatic carbocycles. The first kappa shape index (κ1) is 30.0. The summed E-state index contributed by atoms with van der Waals surface area (Å²) in [6.45, 7) is 11.0. The van der Waals surface area contributed by atoms with Gasteiger partial charge in [0.15, 0.2) is 0 Å². The summed E-state index contributed by atoms with van der Waals surface area (Å²) in [5, 5.41) is 13.4. The summed E-state index contributed by atoms with van der Waals surface area (Å²) in [4.78, 5) is 0. The Labute approximate surface area is 268 Å². The van der Waals surface area contributed by atoms with E-state index in [4.69, 9.17) is 0 Å². The lowest BCUT2D eigenvalue weighted by Gasteiger charge is -2.24. The van der Waals surface area contributed by atoms with Crippen LogP contribution in [0.2, 0.25) is 0 Å². The molecule has 2 atom stereocenters. The smallest absolute Gasteiger partial charge is 0.0464 e. The maximum absolute atomic E-state index is 3.67. The van der Waals surface area contributed by atoms with Crippen molar-refractivity contribution in [2.45, 2.75) is 46.6 Å². The highest BCUT2D eigenvalue weighted by atomic mass is 14.9. The molecule has 226 valence electrons. The zero-order valence-electron chi connectivity index (χ0n) is 26.9. The molecule has 0 saturated heterocycles. The second-order valence-corrected chi connectivity index (χ2v) is 12.6. The third-order valence-electron chi connectivity index (χ3n) is 8.82. The summed E-state index contributed by atoms with van der Waals surface area (Å²) in [6.07, 6.45) is 0. The van der Waals surface area contributed by atoms with Crippen molar-refractivity contribution < 1.29 is 0 Å². The highest BCUT2D eigenvalue weighted by Crippen LogP contribution is 2.40. The summed E-state index contributed by atoms with van der Waals surface area (Å²) >= 11 is 0. The van der Waals surface area contributed by atoms with Gasteiger partial charge in [0, 0.05) is 45.8 Å². The lowest BCUT2D eigenvalue weighted by molar-refractivity contribution is 0.560. The fourth-order valence-electron chi connectivity index (χ4n) is 5.79. The monoisotopic (exact) mass is 589 g/mol. The number of aryl methyl sites for hydroxylation is 2. The average molecular weight is 590 g/mol. The van der Waals surface area contributed by atoms with E-state index in [9.17, 15) is 0 Å². The largest absolute Gasteiger partial charge is 0.382 e. The maximum Gasteiger partial charge on any atom is 0.0464 e. The molecule has 6 aromatic rings. The van der Waals surface area contributed by atoms with Crippen molar-refractivity contribution in [2.75, 3.05) is 16.0 Å². The lowest BCUT2D eigenvalue weighted by Crippen LogP contribution is -2.21. The van der Waals surface area contributed by atoms with Crippen molar-refractivity contribution in [1.82, 2.24) is 0 Å². The van der Waals surface area contributed by atoms with Gasteiger partial charge in [0.2, 0.25) is 0 Å². The van der Waals surface area contributed by atoms with E-state index >= 15 is 0 Å². The van der Waals surface area contributed by atoms with Crippen molar-refractivity contribution in [3.8, 4) is 0 Å². The van der Waals surface area contributed by atoms with Crippen molar-refractivity contribution in [3.63, 3.8) is 0 Å². The molecule has 45 heavy (non-hydrogen) atoms. The molecule has 0 saturated carbocycles. The minimum Gasteiger partial charge on any atom is -0.382 e. The molecule has 0 heterocycles. The van der Waals surface area contributed by atoms with E-state index in [1.807, 2.05) is 0 Å². The molecule has 2 unspecified atom stereocenters. The van der Waals surface area contributed by atoms with Gasteiger partial charge >= 0.3 is 0 Å². The standard InChI is InChI=1S/C42H43N3/c1-28(2)31(5)43-34-22-14-32(15-23-34)42(33-16-24-36(25-17-33)44-35-18-10-29(3)11-19-35)40-26-27-41(39-9-7-6-8-38(39)40)45-37-20-12-30(4)13-21-37/h6-28,31,42-45H,1-5H3. The summed E-state index contributed by atoms with van der Waals surface area (Å²) in [5.74, 6) is 0.621. The second kappa shape index (κ2) is 13.3. The van der Waals surface area contributed by atoms with Crippen molar-refractivity contribution >= 4 is 39.2 Å². The Morgan fingerprint density at radius 1 is 0.444 bits per heavy atom. The van der Waals surface area contributed by atoms with E-state index in [1.165, 1.54) is 38.6 Å². The van der Waals surface area contributed by atoms with Gasteiger partial charge in [-0.25, -0.2) is 0 Å². The number of benzene rings is 6. The van der Waals surface area contributed by atoms with E-state index in [2.05, 4.69) is 184 Å². The molecule has 0 aliphatic rings. The topological polar surface area (TPSA) is 36.1 Å². The van der Waals surface area contributed by atoms with E-state index in [0.717, 1.165) is 28.4 Å². The predicted molar refractivity (Wildman–Crippen MR) is 195 cm³/mol. The number of rotatable bonds is 10. The third-order valence-corrected chi connectivity index (χ3v) is 8.82. The Bertz CT molecular complexity index is 1850. The molecular weight excluding hydrogens is 546 g/mol. The van der Waals surface area contributed by atoms with Crippen LogP contribution in [0.25, 0.3) is 10.8 Å². The maximum atomic E-state index is 3.67. The molecule has 3 nitrogen and oxygen atoms in total. The van der Waals surface area contributed by atoms with Crippen molar-refractivity contribution in [3.05, 3.63) is 161 Å². The zero-order valence-corrected chi connectivity index (χ0v) is 26.9. The van der Waals surface area contributed by atoms with Crippen LogP contribution in [-0.4, -0.2) is 6.04 Å². The Balaban J connectivity index is 1.40. The number of fused-ring (bicyclic) bond motifs is 1. The molecule has 0 aliphatic heterocycles. The predicted octanol–water partition coefficient (Wildman–Crippen LogP) is 11.6. The van der Waals surface area contributed by atoms with Gasteiger partial charge in [0.25, 0.3) is 0 Å². The van der Waals surface area contributed by atoms with Gasteiger partial charge in [0.1, 0.15) is 0 Å². The zero-order chi connectivity index (χ0) is 31.3. The normalized spacial score (nSPS) is 12.6. The van der Waals surface area contributed by atoms with Crippen LogP contribution >= 0.6 is 0 Å². The van der Waals surface area contributed by atoms with Crippen molar-refractivity contribution in [1.29, 1.82) is 0 Å². The number of hydrogen-bond donors (Lipinski definition) is 3. The Kier molecular flexibility index (Phi) is 8.89. The Morgan fingerprint density at radius 2 is 0.911 bits per heavy atom. The number of nitrogens with one attached hydrogen (secondary N) is 3. The van der Waals surface area contributed by atoms with Gasteiger partial charge in [-0.05, 0) is 103 Å². The van der Waals surface area contributed by atoms with Crippen LogP contribution < -0.4 is 16.0 Å². The van der Waals surface area contributed by atoms with E-state index in [1.54, 1.807) is 0 Å². The Hall–Kier alpha value is -5.02. The van der Waals surface area contributed by atoms with Gasteiger partial charge in [0.05, 0.1) is 0 Å². The van der Waals surface area contributed by atoms with Crippen LogP contribution in [0.4, 0.5) is 28.4 Å². The first-order chi connectivity index (χ1) is 21.8. The molecule has 0 fully saturated rings. The van der Waals surface area contributed by atoms with E-state index in [-0.39, 0.29) is 5.92 Å². The molecular formula is C42H43N3. The molecule has 3 N–H and O–H groups in total. The fourth-order valence-corrected chi connectivity index (χ4v) is 5.79. The van der Waals surface area contributed by atoms with Crippen LogP contribution in [0.3, 0.4) is 0 Å². The molecule has 0 radical (unpaired) electrons. The minimum atomic E-state index is 0.0633. The lowest BCUT2D eigenvalue weighted by atomic mass is 9.82. The highest BCUT2D eigenvalue weighted by molar-refractivity contribution is 5.98. The molecule has 3 heteroatoms. The van der Waals surface area contributed by atoms with Crippen LogP contribution in [0.1, 0.15) is 54.5 Å². The van der Waals surface area contributed by atoms with Gasteiger partial charge in [-0.3, -0.25) is 0 Å². The minimum absolute atomic E-state index is 0.0633. The molecule has 0 amide bonds. The first-order valence-corrected chi connectivity index (χ1v) is 16.0. The molecule has 0 spiro atoms. The van der Waals surface area contributed by atoms with Crippen LogP contribution in [0.15, 0.2) is 133 Å². The van der Waals surface area contributed by atoms with Crippen molar-refractivity contribution in [2.24, 2.45) is 5.92 Å². The quantitative estimate of drug-likeness (QED) is 0.139. The summed E-state index contributed by atoms with van der Waals surface area (Å²) in [5.41, 5.74) is 11.8. The van der Waals surface area contributed by atoms with Gasteiger partial charge in [-0.2, -0.15) is 0 Å². The molecule has 0 bridgehead atoms. The number of hydrogen-bond acceptors (Lipinski definition) is 3. The molecule has 0 aromatic heterocycles. The molecule has 6 rings (SSSR count). The van der Waals surface area contributed by atoms with Gasteiger partial charge in [-0.15, -0.1) is 0 Å². The van der Waals surface area contributed by atoms with Crippen LogP contribution in [-0.2, 0) is 0 Å². The second-order valence-electron chi connectivity index (χ2n) is 12.6. The van der Waals surface area contributed by atoms with Gasteiger partial charge < -0.3 is 16.0 Å². The van der Waals surface area contributed by atoms with E-state index in [0.29, 0.717) is 12.0 Å². The third kappa shape index (κ3) is 7.05. The Morgan fingerprint density at radius 3 is 1.44 bits per heavy atom. The molecule has 0 aliphatic carbocycles. The van der Waals surface area contributed by atoms with Gasteiger partial charge in [-0.1, -0.05) is 104 Å². The fraction of sp³-hybridized carbons (Fsp3) is 0.190. The number of anilines is 5. The SMILES string of the molecule is Cc1ccc(Nc2ccc(C(c3ccc(NC(C)C(C)C)cc3)c3ccc(Nc4ccc(C)cc4)c4ccccc34)cc2)cc1.